The number of nitrogens with one attached hydrogen (secondary N) is 1. The topological polar surface area (TPSA) is 73.6 Å². The monoisotopic (exact) mass is 384 g/mol. The SMILES string of the molecule is CCOc1ccc(C2(CNC(=O)[C@@H](N)CC(C)C)CCOCC2)cc1.Cl. The van der Waals surface area contributed by atoms with Crippen LogP contribution < -0.4 is 15.8 Å². The number of nitrogens with two attached hydrogens (primary N) is 1. The maximum Gasteiger partial charge on any atom is 0.236 e. The molecule has 1 heterocycles. The normalized spacial score (nSPS) is 17.3. The smallest absolute Gasteiger partial charge is 0.236 e. The molecule has 1 aliphatic rings. The first-order valence-corrected chi connectivity index (χ1v) is 9.31. The number of hydrogen-bond donors (Lipinski definition) is 2. The van der Waals surface area contributed by atoms with Crippen LogP contribution in [-0.2, 0) is 14.9 Å². The molecule has 0 unspecified atom stereocenters. The molecule has 1 aromatic rings. The number of ether oxygens (including phenoxy) is 2. The van der Waals surface area contributed by atoms with Crippen molar-refractivity contribution in [1.82, 2.24) is 5.32 Å². The summed E-state index contributed by atoms with van der Waals surface area (Å²) in [6.45, 7) is 8.79. The molecular weight excluding hydrogens is 352 g/mol. The molecule has 1 aliphatic heterocycles. The van der Waals surface area contributed by atoms with Crippen LogP contribution >= 0.6 is 12.4 Å². The molecule has 148 valence electrons. The van der Waals surface area contributed by atoms with Gasteiger partial charge in [0, 0.05) is 25.2 Å². The lowest BCUT2D eigenvalue weighted by Crippen LogP contribution is -2.49. The molecular formula is C20H33ClN2O3. The van der Waals surface area contributed by atoms with Crippen molar-refractivity contribution in [3.63, 3.8) is 0 Å². The van der Waals surface area contributed by atoms with E-state index in [0.29, 0.717) is 38.7 Å². The average Bonchev–Trinajstić information content (AvgIpc) is 2.61. The molecule has 1 amide bonds. The van der Waals surface area contributed by atoms with Crippen LogP contribution in [0.1, 0.15) is 45.6 Å². The average molecular weight is 385 g/mol. The Labute approximate surface area is 163 Å². The minimum Gasteiger partial charge on any atom is -0.494 e. The van der Waals surface area contributed by atoms with Gasteiger partial charge in [0.05, 0.1) is 12.6 Å². The predicted octanol–water partition coefficient (Wildman–Crippen LogP) is 3.04. The number of carbonyl (C=O) groups excluding carboxylic acids is 1. The fourth-order valence-corrected chi connectivity index (χ4v) is 3.40. The lowest BCUT2D eigenvalue weighted by atomic mass is 9.74. The molecule has 1 aromatic carbocycles. The van der Waals surface area contributed by atoms with Gasteiger partial charge in [-0.1, -0.05) is 26.0 Å². The summed E-state index contributed by atoms with van der Waals surface area (Å²) < 4.78 is 11.1. The molecule has 5 nitrogen and oxygen atoms in total. The zero-order chi connectivity index (χ0) is 18.3. The van der Waals surface area contributed by atoms with E-state index in [1.807, 2.05) is 19.1 Å². The summed E-state index contributed by atoms with van der Waals surface area (Å²) in [6.07, 6.45) is 2.48. The summed E-state index contributed by atoms with van der Waals surface area (Å²) in [6, 6.07) is 7.77. The molecule has 0 aliphatic carbocycles. The fraction of sp³-hybridized carbons (Fsp3) is 0.650. The Morgan fingerprint density at radius 2 is 1.88 bits per heavy atom. The predicted molar refractivity (Wildman–Crippen MR) is 107 cm³/mol. The number of amides is 1. The molecule has 2 rings (SSSR count). The first-order valence-electron chi connectivity index (χ1n) is 9.31. The van der Waals surface area contributed by atoms with Gasteiger partial charge in [-0.15, -0.1) is 12.4 Å². The van der Waals surface area contributed by atoms with Crippen LogP contribution in [0.2, 0.25) is 0 Å². The lowest BCUT2D eigenvalue weighted by molar-refractivity contribution is -0.123. The van der Waals surface area contributed by atoms with Gasteiger partial charge in [0.1, 0.15) is 5.75 Å². The zero-order valence-corrected chi connectivity index (χ0v) is 16.9. The van der Waals surface area contributed by atoms with Gasteiger partial charge in [-0.25, -0.2) is 0 Å². The van der Waals surface area contributed by atoms with Crippen molar-refractivity contribution in [3.8, 4) is 5.75 Å². The Balaban J connectivity index is 0.00000338. The quantitative estimate of drug-likeness (QED) is 0.722. The van der Waals surface area contributed by atoms with E-state index in [1.165, 1.54) is 5.56 Å². The minimum absolute atomic E-state index is 0. The summed E-state index contributed by atoms with van der Waals surface area (Å²) in [5, 5.41) is 3.09. The lowest BCUT2D eigenvalue weighted by Gasteiger charge is -2.38. The molecule has 0 aromatic heterocycles. The molecule has 6 heteroatoms. The number of benzene rings is 1. The van der Waals surface area contributed by atoms with Crippen LogP contribution in [0.4, 0.5) is 0 Å². The van der Waals surface area contributed by atoms with Gasteiger partial charge in [-0.3, -0.25) is 4.79 Å². The number of carbonyl (C=O) groups is 1. The van der Waals surface area contributed by atoms with Crippen molar-refractivity contribution in [2.75, 3.05) is 26.4 Å². The first-order chi connectivity index (χ1) is 12.0. The van der Waals surface area contributed by atoms with E-state index in [4.69, 9.17) is 15.2 Å². The maximum absolute atomic E-state index is 12.3. The van der Waals surface area contributed by atoms with Crippen LogP contribution in [0.25, 0.3) is 0 Å². The van der Waals surface area contributed by atoms with Gasteiger partial charge < -0.3 is 20.5 Å². The fourth-order valence-electron chi connectivity index (χ4n) is 3.40. The van der Waals surface area contributed by atoms with E-state index in [0.717, 1.165) is 18.6 Å². The van der Waals surface area contributed by atoms with Gasteiger partial charge >= 0.3 is 0 Å². The third-order valence-corrected chi connectivity index (χ3v) is 4.89. The number of halogens is 1. The molecule has 0 radical (unpaired) electrons. The van der Waals surface area contributed by atoms with Crippen molar-refractivity contribution in [1.29, 1.82) is 0 Å². The van der Waals surface area contributed by atoms with E-state index >= 15 is 0 Å². The van der Waals surface area contributed by atoms with Gasteiger partial charge in [-0.2, -0.15) is 0 Å². The van der Waals surface area contributed by atoms with Crippen LogP contribution in [0.3, 0.4) is 0 Å². The van der Waals surface area contributed by atoms with E-state index in [2.05, 4.69) is 31.3 Å². The van der Waals surface area contributed by atoms with Crippen molar-refractivity contribution in [3.05, 3.63) is 29.8 Å². The molecule has 3 N–H and O–H groups in total. The van der Waals surface area contributed by atoms with E-state index in [1.54, 1.807) is 0 Å². The van der Waals surface area contributed by atoms with Gasteiger partial charge in [0.2, 0.25) is 5.91 Å². The Morgan fingerprint density at radius 1 is 1.27 bits per heavy atom. The first kappa shape index (κ1) is 22.7. The van der Waals surface area contributed by atoms with Crippen LogP contribution in [0.15, 0.2) is 24.3 Å². The summed E-state index contributed by atoms with van der Waals surface area (Å²) in [4.78, 5) is 12.3. The molecule has 1 atom stereocenters. The van der Waals surface area contributed by atoms with Crippen LogP contribution in [-0.4, -0.2) is 38.3 Å². The highest BCUT2D eigenvalue weighted by atomic mass is 35.5. The molecule has 1 fully saturated rings. The van der Waals surface area contributed by atoms with Crippen molar-refractivity contribution < 1.29 is 14.3 Å². The highest BCUT2D eigenvalue weighted by molar-refractivity contribution is 5.85. The van der Waals surface area contributed by atoms with Gasteiger partial charge in [0.25, 0.3) is 0 Å². The Bertz CT molecular complexity index is 542. The van der Waals surface area contributed by atoms with E-state index < -0.39 is 6.04 Å². The Morgan fingerprint density at radius 3 is 2.42 bits per heavy atom. The second-order valence-corrected chi connectivity index (χ2v) is 7.30. The third kappa shape index (κ3) is 6.15. The van der Waals surface area contributed by atoms with Crippen molar-refractivity contribution in [2.24, 2.45) is 11.7 Å². The second-order valence-electron chi connectivity index (χ2n) is 7.30. The summed E-state index contributed by atoms with van der Waals surface area (Å²) in [5.41, 5.74) is 7.13. The zero-order valence-electron chi connectivity index (χ0n) is 16.1. The maximum atomic E-state index is 12.3. The van der Waals surface area contributed by atoms with E-state index in [-0.39, 0.29) is 23.7 Å². The standard InChI is InChI=1S/C20H32N2O3.ClH/c1-4-25-17-7-5-16(6-8-17)20(9-11-24-12-10-20)14-22-19(23)18(21)13-15(2)3;/h5-8,15,18H,4,9-14,21H2,1-3H3,(H,22,23);1H/t18-;/m0./s1. The highest BCUT2D eigenvalue weighted by Crippen LogP contribution is 2.35. The van der Waals surface area contributed by atoms with E-state index in [9.17, 15) is 4.79 Å². The number of rotatable bonds is 8. The highest BCUT2D eigenvalue weighted by Gasteiger charge is 2.35. The largest absolute Gasteiger partial charge is 0.494 e. The van der Waals surface area contributed by atoms with Gasteiger partial charge in [0.15, 0.2) is 0 Å². The molecule has 0 bridgehead atoms. The summed E-state index contributed by atoms with van der Waals surface area (Å²) in [7, 11) is 0. The van der Waals surface area contributed by atoms with Crippen molar-refractivity contribution in [2.45, 2.75) is 51.5 Å². The third-order valence-electron chi connectivity index (χ3n) is 4.89. The molecule has 26 heavy (non-hydrogen) atoms. The Kier molecular flexibility index (Phi) is 9.41. The minimum atomic E-state index is -0.447. The number of hydrogen-bond acceptors (Lipinski definition) is 4. The van der Waals surface area contributed by atoms with Crippen LogP contribution in [0, 0.1) is 5.92 Å². The molecule has 1 saturated heterocycles. The van der Waals surface area contributed by atoms with Crippen LogP contribution in [0.5, 0.6) is 5.75 Å². The Hall–Kier alpha value is -1.30. The molecule has 0 saturated carbocycles. The second kappa shape index (κ2) is 10.8. The molecule has 0 spiro atoms. The van der Waals surface area contributed by atoms with Crippen molar-refractivity contribution >= 4 is 18.3 Å². The summed E-state index contributed by atoms with van der Waals surface area (Å²) in [5.74, 6) is 1.21. The van der Waals surface area contributed by atoms with Gasteiger partial charge in [-0.05, 0) is 49.8 Å². The summed E-state index contributed by atoms with van der Waals surface area (Å²) >= 11 is 0.